The van der Waals surface area contributed by atoms with Gasteiger partial charge in [0.15, 0.2) is 25.4 Å². The molecule has 2 N–H and O–H groups in total. The maximum Gasteiger partial charge on any atom is 0.417 e. The molecular weight excluding hydrogens is 813 g/mol. The number of ether oxygens (including phenoxy) is 2. The highest BCUT2D eigenvalue weighted by atomic mass is 32.2. The number of morpholine rings is 1. The van der Waals surface area contributed by atoms with E-state index in [-0.39, 0.29) is 76.3 Å². The number of halogens is 6. The minimum Gasteiger partial charge on any atom is -0.491 e. The van der Waals surface area contributed by atoms with Crippen LogP contribution >= 0.6 is 0 Å². The number of H-pyrrole nitrogens is 1. The van der Waals surface area contributed by atoms with Gasteiger partial charge in [-0.2, -0.15) is 31.4 Å². The molecule has 0 atom stereocenters. The second-order valence-corrected chi connectivity index (χ2v) is 17.1. The molecule has 3 aliphatic heterocycles. The van der Waals surface area contributed by atoms with Crippen molar-refractivity contribution in [3.05, 3.63) is 89.8 Å². The normalized spacial score (nSPS) is 17.1. The predicted octanol–water partition coefficient (Wildman–Crippen LogP) is 3.28. The molecule has 57 heavy (non-hydrogen) atoms. The molecule has 7 rings (SSSR count). The molecule has 1 fully saturated rings. The summed E-state index contributed by atoms with van der Waals surface area (Å²) in [5, 5.41) is 9.54. The van der Waals surface area contributed by atoms with Gasteiger partial charge >= 0.3 is 23.5 Å². The number of alkyl halides is 6. The van der Waals surface area contributed by atoms with Crippen LogP contribution in [0.15, 0.2) is 60.8 Å². The topological polar surface area (TPSA) is 189 Å². The van der Waals surface area contributed by atoms with Gasteiger partial charge in [-0.3, -0.25) is 19.1 Å². The highest BCUT2D eigenvalue weighted by molar-refractivity contribution is 7.91. The Morgan fingerprint density at radius 2 is 1.23 bits per heavy atom. The number of nitrogens with one attached hydrogen (secondary N) is 2. The molecule has 0 bridgehead atoms. The zero-order chi connectivity index (χ0) is 42.1. The van der Waals surface area contributed by atoms with Crippen molar-refractivity contribution in [3.63, 3.8) is 0 Å². The van der Waals surface area contributed by atoms with Crippen molar-refractivity contribution in [2.24, 2.45) is 14.1 Å². The van der Waals surface area contributed by atoms with Gasteiger partial charge in [0.2, 0.25) is 0 Å². The van der Waals surface area contributed by atoms with Crippen molar-refractivity contribution in [3.8, 4) is 28.0 Å². The lowest BCUT2D eigenvalue weighted by Crippen LogP contribution is -2.35. The van der Waals surface area contributed by atoms with Crippen LogP contribution in [0.2, 0.25) is 0 Å². The molecule has 2 aromatic heterocycles. The molecule has 0 radical (unpaired) electrons. The highest BCUT2D eigenvalue weighted by Gasteiger charge is 2.42. The zero-order valence-electron chi connectivity index (χ0n) is 30.6. The summed E-state index contributed by atoms with van der Waals surface area (Å²) in [6.07, 6.45) is -6.61. The van der Waals surface area contributed by atoms with E-state index in [1.54, 1.807) is 0 Å². The van der Waals surface area contributed by atoms with Crippen LogP contribution in [-0.2, 0) is 63.7 Å². The molecule has 3 aliphatic rings. The summed E-state index contributed by atoms with van der Waals surface area (Å²) >= 11 is 0. The van der Waals surface area contributed by atoms with E-state index in [0.717, 1.165) is 47.8 Å². The fourth-order valence-electron chi connectivity index (χ4n) is 6.67. The van der Waals surface area contributed by atoms with Crippen LogP contribution in [0.3, 0.4) is 0 Å². The fraction of sp³-hybridized carbons (Fsp3) is 0.429. The monoisotopic (exact) mass is 849 g/mol. The molecule has 14 nitrogen and oxygen atoms in total. The van der Waals surface area contributed by atoms with Gasteiger partial charge in [0, 0.05) is 33.4 Å². The van der Waals surface area contributed by atoms with Gasteiger partial charge in [-0.1, -0.05) is 12.1 Å². The van der Waals surface area contributed by atoms with Crippen molar-refractivity contribution < 1.29 is 52.7 Å². The van der Waals surface area contributed by atoms with Crippen molar-refractivity contribution >= 4 is 19.7 Å². The molecule has 0 spiro atoms. The molecule has 2 aromatic carbocycles. The number of rotatable bonds is 3. The van der Waals surface area contributed by atoms with Gasteiger partial charge < -0.3 is 19.9 Å². The Bertz CT molecular complexity index is 2570. The molecule has 5 heterocycles. The molecule has 4 aromatic rings. The average molecular weight is 850 g/mol. The minimum atomic E-state index is -4.84. The summed E-state index contributed by atoms with van der Waals surface area (Å²) in [6.45, 7) is 3.83. The number of methoxy groups -OCH3 is 1. The Balaban J connectivity index is 0.000000190. The minimum absolute atomic E-state index is 0.0326. The van der Waals surface area contributed by atoms with Gasteiger partial charge in [0.25, 0.3) is 5.43 Å². The number of nitrogens with zero attached hydrogens (tertiary/aromatic N) is 3. The third kappa shape index (κ3) is 9.02. The van der Waals surface area contributed by atoms with Gasteiger partial charge in [0.1, 0.15) is 0 Å². The maximum atomic E-state index is 13.4. The molecule has 310 valence electrons. The first kappa shape index (κ1) is 43.3. The lowest BCUT2D eigenvalue weighted by Gasteiger charge is -2.24. The Kier molecular flexibility index (Phi) is 12.6. The molecule has 0 aliphatic carbocycles. The van der Waals surface area contributed by atoms with Crippen molar-refractivity contribution in [2.45, 2.75) is 47.8 Å². The number of hydrogen-bond donors (Lipinski definition) is 2. The number of benzene rings is 2. The average Bonchev–Trinajstić information content (AvgIpc) is 3.15. The van der Waals surface area contributed by atoms with E-state index in [1.807, 2.05) is 0 Å². The fourth-order valence-corrected chi connectivity index (χ4v) is 10.3. The quantitative estimate of drug-likeness (QED) is 0.228. The first-order valence-corrected chi connectivity index (χ1v) is 20.5. The van der Waals surface area contributed by atoms with Gasteiger partial charge in [-0.25, -0.2) is 21.5 Å². The lowest BCUT2D eigenvalue weighted by molar-refractivity contribution is -0.140. The van der Waals surface area contributed by atoms with E-state index in [2.05, 4.69) is 15.5 Å². The first-order chi connectivity index (χ1) is 26.6. The molecule has 22 heteroatoms. The Morgan fingerprint density at radius 3 is 1.65 bits per heavy atom. The first-order valence-electron chi connectivity index (χ1n) is 17.2. The van der Waals surface area contributed by atoms with Crippen molar-refractivity contribution in [2.75, 3.05) is 44.9 Å². The summed E-state index contributed by atoms with van der Waals surface area (Å²) in [7, 11) is -4.24. The Hall–Kier alpha value is -4.80. The van der Waals surface area contributed by atoms with Crippen LogP contribution in [-0.4, -0.2) is 81.3 Å². The number of aromatic nitrogens is 4. The molecule has 0 amide bonds. The number of sulfone groups is 2. The molecular formula is C35H37F6N5O9S2. The van der Waals surface area contributed by atoms with E-state index in [9.17, 15) is 57.6 Å². The van der Waals surface area contributed by atoms with Crippen LogP contribution in [0.4, 0.5) is 26.3 Å². The van der Waals surface area contributed by atoms with Gasteiger partial charge in [-0.15, -0.1) is 0 Å². The van der Waals surface area contributed by atoms with E-state index in [1.165, 1.54) is 39.7 Å². The number of aryl methyl sites for hydroxylation is 2. The highest BCUT2D eigenvalue weighted by Crippen LogP contribution is 2.44. The Morgan fingerprint density at radius 1 is 0.737 bits per heavy atom. The lowest BCUT2D eigenvalue weighted by atomic mass is 9.94. The number of aromatic amines is 1. The number of fused-ring (bicyclic) bond motifs is 2. The smallest absolute Gasteiger partial charge is 0.417 e. The molecule has 0 saturated carbocycles. The van der Waals surface area contributed by atoms with Crippen molar-refractivity contribution in [1.82, 2.24) is 24.9 Å². The maximum absolute atomic E-state index is 13.4. The zero-order valence-corrected chi connectivity index (χ0v) is 32.3. The summed E-state index contributed by atoms with van der Waals surface area (Å²) in [4.78, 5) is 34.7. The van der Waals surface area contributed by atoms with E-state index in [4.69, 9.17) is 9.47 Å². The molecule has 0 unspecified atom stereocenters. The third-order valence-electron chi connectivity index (χ3n) is 9.30. The summed E-state index contributed by atoms with van der Waals surface area (Å²) < 4.78 is 141. The summed E-state index contributed by atoms with van der Waals surface area (Å²) in [5.74, 6) is -0.842. The summed E-state index contributed by atoms with van der Waals surface area (Å²) in [6, 6.07) is 3.59. The van der Waals surface area contributed by atoms with Crippen LogP contribution in [0.1, 0.15) is 35.1 Å². The van der Waals surface area contributed by atoms with E-state index < -0.39 is 69.5 Å². The molecule has 1 saturated heterocycles. The van der Waals surface area contributed by atoms with Crippen LogP contribution < -0.4 is 26.6 Å². The van der Waals surface area contributed by atoms with Crippen LogP contribution in [0, 0.1) is 0 Å². The van der Waals surface area contributed by atoms with Gasteiger partial charge in [0.05, 0.1) is 70.1 Å². The standard InChI is InChI=1S/C16H15F3N2O4S.C15H13F3N2O4S.C4H9NO/c1-21-15(22)13(25-2)11(8-20-21)9-5-6-12(16(17,18)19)14-10(9)4-3-7-26(14,23)24;1-20-14(22)12(21)10(7-19-20)8-4-5-11(15(16,17)18)13-9(8)3-2-6-25(13,23)24;1-3-6-4-2-5-1/h5-6,8H,3-4,7H2,1-2H3;4-5,7,19H,2-3,6H2,1H3;5H,1-4H2. The second kappa shape index (κ2) is 16.6. The SMILES string of the molecule is C1COCCN1.COc1c(-c2ccc(C(F)(F)F)c3c2CCCS3(=O)=O)cnn(C)c1=O.Cn1[nH]cc(-c2ccc(C(F)(F)F)c3c2CCCS3(=O)=O)c(=O)c1=O. The van der Waals surface area contributed by atoms with Crippen molar-refractivity contribution in [1.29, 1.82) is 0 Å². The van der Waals surface area contributed by atoms with Crippen LogP contribution in [0.5, 0.6) is 5.75 Å². The largest absolute Gasteiger partial charge is 0.491 e. The summed E-state index contributed by atoms with van der Waals surface area (Å²) in [5.41, 5.74) is -4.57. The predicted molar refractivity (Wildman–Crippen MR) is 194 cm³/mol. The second-order valence-electron chi connectivity index (χ2n) is 13.0. The Labute approximate surface area is 321 Å². The van der Waals surface area contributed by atoms with Gasteiger partial charge in [-0.05, 0) is 60.1 Å². The number of hydrogen-bond acceptors (Lipinski definition) is 11. The van der Waals surface area contributed by atoms with Crippen LogP contribution in [0.25, 0.3) is 22.3 Å². The van der Waals surface area contributed by atoms with E-state index >= 15 is 0 Å². The third-order valence-corrected chi connectivity index (χ3v) is 13.1. The van der Waals surface area contributed by atoms with E-state index in [0.29, 0.717) is 6.07 Å².